The van der Waals surface area contributed by atoms with Gasteiger partial charge < -0.3 is 9.13 Å². The summed E-state index contributed by atoms with van der Waals surface area (Å²) >= 11 is 0. The first-order valence-corrected chi connectivity index (χ1v) is 11.8. The molecule has 0 aliphatic carbocycles. The van der Waals surface area contributed by atoms with E-state index >= 15 is 0 Å². The summed E-state index contributed by atoms with van der Waals surface area (Å²) in [7, 11) is -1.63. The van der Waals surface area contributed by atoms with Crippen LogP contribution in [0.3, 0.4) is 0 Å². The quantitative estimate of drug-likeness (QED) is 0.628. The van der Waals surface area contributed by atoms with Gasteiger partial charge in [-0.2, -0.15) is 0 Å². The van der Waals surface area contributed by atoms with Crippen LogP contribution in [0.2, 0.25) is 17.8 Å². The molecule has 17 heavy (non-hydrogen) atoms. The van der Waals surface area contributed by atoms with E-state index in [4.69, 9.17) is 0 Å². The molecule has 4 heteroatoms. The molecule has 0 heterocycles. The van der Waals surface area contributed by atoms with Crippen molar-refractivity contribution >= 4 is 17.9 Å². The maximum atomic E-state index is 2.74. The Balaban J connectivity index is 4.84. The average molecular weight is 275 g/mol. The molecule has 2 nitrogen and oxygen atoms in total. The molecule has 0 saturated heterocycles. The van der Waals surface area contributed by atoms with Crippen molar-refractivity contribution in [1.29, 1.82) is 0 Å². The van der Waals surface area contributed by atoms with E-state index in [0.29, 0.717) is 4.66 Å². The fraction of sp³-hybridized carbons (Fsp3) is 1.00. The van der Waals surface area contributed by atoms with Gasteiger partial charge >= 0.3 is 0 Å². The second kappa shape index (κ2) is 7.72. The lowest BCUT2D eigenvalue weighted by Gasteiger charge is -2.45. The Morgan fingerprint density at radius 2 is 0.941 bits per heavy atom. The zero-order valence-corrected chi connectivity index (χ0v) is 15.7. The minimum absolute atomic E-state index is 0.595. The fourth-order valence-corrected chi connectivity index (χ4v) is 11.0. The Bertz CT molecular complexity index is 182. The van der Waals surface area contributed by atoms with E-state index < -0.39 is 17.9 Å². The molecule has 0 bridgehead atoms. The van der Waals surface area contributed by atoms with Crippen LogP contribution in [0.4, 0.5) is 0 Å². The second-order valence-corrected chi connectivity index (χ2v) is 13.4. The van der Waals surface area contributed by atoms with Crippen molar-refractivity contribution in [2.24, 2.45) is 0 Å². The molecule has 2 atom stereocenters. The van der Waals surface area contributed by atoms with Gasteiger partial charge in [-0.15, -0.1) is 0 Å². The first kappa shape index (κ1) is 17.4. The zero-order chi connectivity index (χ0) is 13.6. The Kier molecular flexibility index (Phi) is 7.88. The van der Waals surface area contributed by atoms with Crippen LogP contribution >= 0.6 is 0 Å². The molecule has 0 saturated carbocycles. The average Bonchev–Trinajstić information content (AvgIpc) is 2.31. The Hall–Kier alpha value is 0.354. The third-order valence-electron chi connectivity index (χ3n) is 4.87. The molecule has 0 radical (unpaired) electrons. The summed E-state index contributed by atoms with van der Waals surface area (Å²) in [6.45, 7) is 24.4. The molecule has 0 aromatic carbocycles. The van der Waals surface area contributed by atoms with Gasteiger partial charge in [0.15, 0.2) is 0 Å². The van der Waals surface area contributed by atoms with Gasteiger partial charge in [0, 0.05) is 0 Å². The molecule has 0 aromatic heterocycles. The van der Waals surface area contributed by atoms with E-state index in [0.717, 1.165) is 0 Å². The van der Waals surface area contributed by atoms with Gasteiger partial charge in [0.25, 0.3) is 0 Å². The summed E-state index contributed by atoms with van der Waals surface area (Å²) in [4.78, 5) is 0. The molecule has 0 rings (SSSR count). The zero-order valence-electron chi connectivity index (χ0n) is 13.4. The molecular formula is C13H34N2Si2. The molecule has 2 unspecified atom stereocenters. The first-order chi connectivity index (χ1) is 7.86. The monoisotopic (exact) mass is 274 g/mol. The van der Waals surface area contributed by atoms with Crippen molar-refractivity contribution in [3.63, 3.8) is 0 Å². The highest BCUT2D eigenvalue weighted by atomic mass is 28.3. The number of hydrogen-bond acceptors (Lipinski definition) is 2. The number of hydrogen-bond donors (Lipinski definition) is 0. The highest BCUT2D eigenvalue weighted by Crippen LogP contribution is 2.34. The van der Waals surface area contributed by atoms with Crippen LogP contribution in [0, 0.1) is 0 Å². The fourth-order valence-electron chi connectivity index (χ4n) is 2.83. The Morgan fingerprint density at radius 3 is 1.12 bits per heavy atom. The molecule has 104 valence electrons. The molecule has 0 aromatic rings. The molecule has 0 aliphatic rings. The highest BCUT2D eigenvalue weighted by Gasteiger charge is 2.39. The lowest BCUT2D eigenvalue weighted by molar-refractivity contribution is 0.443. The summed E-state index contributed by atoms with van der Waals surface area (Å²) in [5.41, 5.74) is 0. The van der Waals surface area contributed by atoms with Gasteiger partial charge in [0.1, 0.15) is 17.9 Å². The van der Waals surface area contributed by atoms with E-state index in [-0.39, 0.29) is 0 Å². The molecule has 0 amide bonds. The summed E-state index contributed by atoms with van der Waals surface area (Å²) in [5.74, 6) is 0. The van der Waals surface area contributed by atoms with Crippen LogP contribution in [0.5, 0.6) is 0 Å². The van der Waals surface area contributed by atoms with Gasteiger partial charge in [-0.25, -0.2) is 0 Å². The smallest absolute Gasteiger partial charge is 0.112 e. The van der Waals surface area contributed by atoms with Crippen LogP contribution in [-0.4, -0.2) is 53.2 Å². The van der Waals surface area contributed by atoms with Gasteiger partial charge in [0.2, 0.25) is 0 Å². The third-order valence-corrected chi connectivity index (χ3v) is 15.7. The van der Waals surface area contributed by atoms with E-state index in [1.165, 1.54) is 26.2 Å². The molecule has 0 aliphatic heterocycles. The predicted molar refractivity (Wildman–Crippen MR) is 85.9 cm³/mol. The minimum atomic E-state index is -0.815. The van der Waals surface area contributed by atoms with Crippen LogP contribution in [0.25, 0.3) is 0 Å². The lowest BCUT2D eigenvalue weighted by Crippen LogP contribution is -2.55. The number of nitrogens with zero attached hydrogens (tertiary/aromatic N) is 2. The largest absolute Gasteiger partial charge is 0.327 e. The van der Waals surface area contributed by atoms with Crippen molar-refractivity contribution in [3.8, 4) is 0 Å². The van der Waals surface area contributed by atoms with Gasteiger partial charge in [-0.1, -0.05) is 54.6 Å². The molecular weight excluding hydrogens is 240 g/mol. The van der Waals surface area contributed by atoms with Crippen molar-refractivity contribution in [1.82, 2.24) is 9.13 Å². The summed E-state index contributed by atoms with van der Waals surface area (Å²) in [5, 5.41) is 0. The number of rotatable bonds is 8. The van der Waals surface area contributed by atoms with Crippen molar-refractivity contribution in [2.45, 2.75) is 59.3 Å². The van der Waals surface area contributed by atoms with E-state index in [9.17, 15) is 0 Å². The predicted octanol–water partition coefficient (Wildman–Crippen LogP) is 2.70. The molecule has 0 spiro atoms. The summed E-state index contributed by atoms with van der Waals surface area (Å²) in [6.07, 6.45) is 0. The Labute approximate surface area is 113 Å². The second-order valence-electron chi connectivity index (χ2n) is 5.62. The van der Waals surface area contributed by atoms with Gasteiger partial charge in [0.05, 0.1) is 0 Å². The van der Waals surface area contributed by atoms with E-state index in [1.807, 2.05) is 0 Å². The van der Waals surface area contributed by atoms with Gasteiger partial charge in [-0.05, 0) is 30.8 Å². The molecule has 0 N–H and O–H groups in total. The SMILES string of the molecule is CCN(CC)[SiH](C)C(C)(C)[SiH](C)N(CC)CC. The minimum Gasteiger partial charge on any atom is -0.327 e. The van der Waals surface area contributed by atoms with E-state index in [2.05, 4.69) is 63.8 Å². The van der Waals surface area contributed by atoms with Crippen molar-refractivity contribution < 1.29 is 0 Å². The third kappa shape index (κ3) is 4.19. The maximum Gasteiger partial charge on any atom is 0.112 e. The summed E-state index contributed by atoms with van der Waals surface area (Å²) in [6, 6.07) is 0. The normalized spacial score (nSPS) is 16.6. The maximum absolute atomic E-state index is 2.74. The first-order valence-electron chi connectivity index (χ1n) is 7.34. The van der Waals surface area contributed by atoms with Crippen LogP contribution in [0.15, 0.2) is 0 Å². The summed E-state index contributed by atoms with van der Waals surface area (Å²) < 4.78 is 6.08. The van der Waals surface area contributed by atoms with Crippen molar-refractivity contribution in [2.75, 3.05) is 26.2 Å². The van der Waals surface area contributed by atoms with Crippen LogP contribution in [0.1, 0.15) is 41.5 Å². The van der Waals surface area contributed by atoms with Crippen molar-refractivity contribution in [3.05, 3.63) is 0 Å². The van der Waals surface area contributed by atoms with Crippen LogP contribution in [-0.2, 0) is 0 Å². The van der Waals surface area contributed by atoms with Gasteiger partial charge in [-0.3, -0.25) is 0 Å². The Morgan fingerprint density at radius 1 is 0.706 bits per heavy atom. The topological polar surface area (TPSA) is 6.48 Å². The standard InChI is InChI=1S/C13H34N2Si2/c1-9-14(10-2)16(7)13(5,6)17(8)15(11-3)12-4/h16-17H,9-12H2,1-8H3. The lowest BCUT2D eigenvalue weighted by atomic mass is 10.5. The molecule has 0 fully saturated rings. The van der Waals surface area contributed by atoms with Crippen LogP contribution < -0.4 is 0 Å². The highest BCUT2D eigenvalue weighted by molar-refractivity contribution is 6.78. The van der Waals surface area contributed by atoms with E-state index in [1.54, 1.807) is 0 Å².